The SMILES string of the molecule is O=C(Nc1cccc(Br)c1Br)c1ccccc1. The van der Waals surface area contributed by atoms with Gasteiger partial charge in [-0.15, -0.1) is 0 Å². The van der Waals surface area contributed by atoms with Gasteiger partial charge in [-0.2, -0.15) is 0 Å². The van der Waals surface area contributed by atoms with Gasteiger partial charge in [0, 0.05) is 10.0 Å². The number of hydrogen-bond acceptors (Lipinski definition) is 1. The van der Waals surface area contributed by atoms with Crippen molar-refractivity contribution in [3.05, 3.63) is 63.0 Å². The van der Waals surface area contributed by atoms with Crippen LogP contribution >= 0.6 is 31.9 Å². The predicted octanol–water partition coefficient (Wildman–Crippen LogP) is 4.46. The topological polar surface area (TPSA) is 29.1 Å². The van der Waals surface area contributed by atoms with Crippen molar-refractivity contribution in [2.75, 3.05) is 5.32 Å². The van der Waals surface area contributed by atoms with Crippen molar-refractivity contribution in [3.63, 3.8) is 0 Å². The molecule has 86 valence electrons. The van der Waals surface area contributed by atoms with Crippen molar-refractivity contribution < 1.29 is 4.79 Å². The summed E-state index contributed by atoms with van der Waals surface area (Å²) in [5.74, 6) is -0.121. The average Bonchev–Trinajstić information content (AvgIpc) is 2.36. The van der Waals surface area contributed by atoms with E-state index in [2.05, 4.69) is 37.2 Å². The highest BCUT2D eigenvalue weighted by Gasteiger charge is 2.08. The maximum absolute atomic E-state index is 11.9. The van der Waals surface area contributed by atoms with E-state index in [1.54, 1.807) is 12.1 Å². The van der Waals surface area contributed by atoms with E-state index in [4.69, 9.17) is 0 Å². The van der Waals surface area contributed by atoms with Gasteiger partial charge in [-0.1, -0.05) is 24.3 Å². The van der Waals surface area contributed by atoms with Crippen LogP contribution in [-0.2, 0) is 0 Å². The van der Waals surface area contributed by atoms with Crippen LogP contribution in [0.25, 0.3) is 0 Å². The molecule has 1 N–H and O–H groups in total. The second-order valence-corrected chi connectivity index (χ2v) is 5.07. The molecule has 4 heteroatoms. The van der Waals surface area contributed by atoms with E-state index in [1.165, 1.54) is 0 Å². The lowest BCUT2D eigenvalue weighted by molar-refractivity contribution is 0.102. The fourth-order valence-corrected chi connectivity index (χ4v) is 2.11. The summed E-state index contributed by atoms with van der Waals surface area (Å²) in [4.78, 5) is 11.9. The van der Waals surface area contributed by atoms with Crippen LogP contribution in [0.2, 0.25) is 0 Å². The molecule has 0 saturated carbocycles. The summed E-state index contributed by atoms with van der Waals surface area (Å²) in [6.07, 6.45) is 0. The molecule has 0 fully saturated rings. The molecule has 0 bridgehead atoms. The maximum Gasteiger partial charge on any atom is 0.255 e. The zero-order valence-electron chi connectivity index (χ0n) is 8.78. The van der Waals surface area contributed by atoms with Gasteiger partial charge >= 0.3 is 0 Å². The van der Waals surface area contributed by atoms with Gasteiger partial charge in [0.25, 0.3) is 5.91 Å². The molecule has 0 aliphatic carbocycles. The van der Waals surface area contributed by atoms with Gasteiger partial charge in [-0.25, -0.2) is 0 Å². The van der Waals surface area contributed by atoms with Crippen LogP contribution in [0.3, 0.4) is 0 Å². The van der Waals surface area contributed by atoms with Crippen molar-refractivity contribution in [2.45, 2.75) is 0 Å². The molecule has 1 amide bonds. The summed E-state index contributed by atoms with van der Waals surface area (Å²) in [6.45, 7) is 0. The summed E-state index contributed by atoms with van der Waals surface area (Å²) in [7, 11) is 0. The Hall–Kier alpha value is -1.13. The number of carbonyl (C=O) groups is 1. The molecule has 0 saturated heterocycles. The first-order valence-electron chi connectivity index (χ1n) is 4.99. The van der Waals surface area contributed by atoms with Crippen molar-refractivity contribution in [2.24, 2.45) is 0 Å². The molecular weight excluding hydrogens is 346 g/mol. The third kappa shape index (κ3) is 2.96. The zero-order chi connectivity index (χ0) is 12.3. The molecule has 0 unspecified atom stereocenters. The van der Waals surface area contributed by atoms with Crippen LogP contribution in [-0.4, -0.2) is 5.91 Å². The van der Waals surface area contributed by atoms with Crippen LogP contribution in [0.4, 0.5) is 5.69 Å². The molecule has 2 nitrogen and oxygen atoms in total. The van der Waals surface area contributed by atoms with Gasteiger partial charge < -0.3 is 5.32 Å². The Labute approximate surface area is 116 Å². The number of carbonyl (C=O) groups excluding carboxylic acids is 1. The lowest BCUT2D eigenvalue weighted by Crippen LogP contribution is -2.12. The van der Waals surface area contributed by atoms with Crippen molar-refractivity contribution in [1.82, 2.24) is 0 Å². The van der Waals surface area contributed by atoms with Gasteiger partial charge in [0.1, 0.15) is 0 Å². The van der Waals surface area contributed by atoms with Crippen LogP contribution in [0, 0.1) is 0 Å². The smallest absolute Gasteiger partial charge is 0.255 e. The zero-order valence-corrected chi connectivity index (χ0v) is 12.0. The fourth-order valence-electron chi connectivity index (χ4n) is 1.38. The van der Waals surface area contributed by atoms with Crippen molar-refractivity contribution >= 4 is 43.5 Å². The van der Waals surface area contributed by atoms with Gasteiger partial charge in [-0.05, 0) is 56.1 Å². The minimum atomic E-state index is -0.121. The van der Waals surface area contributed by atoms with E-state index in [-0.39, 0.29) is 5.91 Å². The van der Waals surface area contributed by atoms with Crippen LogP contribution in [0.5, 0.6) is 0 Å². The molecule has 0 aliphatic heterocycles. The lowest BCUT2D eigenvalue weighted by atomic mass is 10.2. The van der Waals surface area contributed by atoms with Gasteiger partial charge in [-0.3, -0.25) is 4.79 Å². The fraction of sp³-hybridized carbons (Fsp3) is 0. The average molecular weight is 355 g/mol. The number of anilines is 1. The number of rotatable bonds is 2. The molecule has 0 spiro atoms. The normalized spacial score (nSPS) is 10.0. The van der Waals surface area contributed by atoms with Crippen molar-refractivity contribution in [3.8, 4) is 0 Å². The summed E-state index contributed by atoms with van der Waals surface area (Å²) >= 11 is 6.81. The number of hydrogen-bond donors (Lipinski definition) is 1. The van der Waals surface area contributed by atoms with E-state index in [9.17, 15) is 4.79 Å². The third-order valence-corrected chi connectivity index (χ3v) is 4.28. The first-order valence-corrected chi connectivity index (χ1v) is 6.57. The summed E-state index contributed by atoms with van der Waals surface area (Å²) in [6, 6.07) is 14.7. The Morgan fingerprint density at radius 3 is 2.35 bits per heavy atom. The second-order valence-electron chi connectivity index (χ2n) is 3.42. The summed E-state index contributed by atoms with van der Waals surface area (Å²) in [5, 5.41) is 2.85. The van der Waals surface area contributed by atoms with E-state index in [0.717, 1.165) is 14.6 Å². The highest BCUT2D eigenvalue weighted by Crippen LogP contribution is 2.30. The highest BCUT2D eigenvalue weighted by atomic mass is 79.9. The molecule has 0 radical (unpaired) electrons. The number of nitrogens with one attached hydrogen (secondary N) is 1. The molecular formula is C13H9Br2NO. The second kappa shape index (κ2) is 5.47. The molecule has 2 aromatic carbocycles. The summed E-state index contributed by atoms with van der Waals surface area (Å²) in [5.41, 5.74) is 1.38. The Morgan fingerprint density at radius 2 is 1.65 bits per heavy atom. The van der Waals surface area contributed by atoms with Crippen LogP contribution < -0.4 is 5.32 Å². The summed E-state index contributed by atoms with van der Waals surface area (Å²) < 4.78 is 1.74. The first-order chi connectivity index (χ1) is 8.18. The molecule has 0 aromatic heterocycles. The molecule has 2 rings (SSSR count). The monoisotopic (exact) mass is 353 g/mol. The molecule has 17 heavy (non-hydrogen) atoms. The van der Waals surface area contributed by atoms with Gasteiger partial charge in [0.15, 0.2) is 0 Å². The van der Waals surface area contributed by atoms with Crippen LogP contribution in [0.15, 0.2) is 57.5 Å². The van der Waals surface area contributed by atoms with E-state index in [0.29, 0.717) is 5.56 Å². The third-order valence-electron chi connectivity index (χ3n) is 2.24. The quantitative estimate of drug-likeness (QED) is 0.847. The van der Waals surface area contributed by atoms with Crippen LogP contribution in [0.1, 0.15) is 10.4 Å². The Bertz CT molecular complexity index is 540. The van der Waals surface area contributed by atoms with Gasteiger partial charge in [0.05, 0.1) is 10.2 Å². The van der Waals surface area contributed by atoms with E-state index < -0.39 is 0 Å². The molecule has 0 heterocycles. The molecule has 2 aromatic rings. The number of amides is 1. The largest absolute Gasteiger partial charge is 0.321 e. The van der Waals surface area contributed by atoms with Gasteiger partial charge in [0.2, 0.25) is 0 Å². The molecule has 0 aliphatic rings. The number of benzene rings is 2. The minimum absolute atomic E-state index is 0.121. The number of halogens is 2. The Balaban J connectivity index is 2.22. The van der Waals surface area contributed by atoms with E-state index in [1.807, 2.05) is 36.4 Å². The minimum Gasteiger partial charge on any atom is -0.321 e. The van der Waals surface area contributed by atoms with E-state index >= 15 is 0 Å². The first kappa shape index (κ1) is 12.3. The Kier molecular flexibility index (Phi) is 3.97. The lowest BCUT2D eigenvalue weighted by Gasteiger charge is -2.08. The maximum atomic E-state index is 11.9. The van der Waals surface area contributed by atoms with Crippen molar-refractivity contribution in [1.29, 1.82) is 0 Å². The predicted molar refractivity (Wildman–Crippen MR) is 76.2 cm³/mol. The highest BCUT2D eigenvalue weighted by molar-refractivity contribution is 9.13. The standard InChI is InChI=1S/C13H9Br2NO/c14-10-7-4-8-11(12(10)15)16-13(17)9-5-2-1-3-6-9/h1-8H,(H,16,17). The molecule has 0 atom stereocenters. The Morgan fingerprint density at radius 1 is 0.941 bits per heavy atom.